The minimum atomic E-state index is -0.131. The molecule has 96 valence electrons. The first-order valence-electron chi connectivity index (χ1n) is 5.58. The van der Waals surface area contributed by atoms with Crippen LogP contribution in [0.5, 0.6) is 0 Å². The summed E-state index contributed by atoms with van der Waals surface area (Å²) in [6.07, 6.45) is 3.74. The molecule has 2 rings (SSSR count). The predicted molar refractivity (Wildman–Crippen MR) is 78.9 cm³/mol. The third-order valence-corrected chi connectivity index (χ3v) is 3.65. The number of nitrogens with zero attached hydrogens (tertiary/aromatic N) is 2. The summed E-state index contributed by atoms with van der Waals surface area (Å²) < 4.78 is 4.07. The van der Waals surface area contributed by atoms with Crippen molar-refractivity contribution in [1.29, 1.82) is 0 Å². The third kappa shape index (κ3) is 2.83. The number of nitrogens with two attached hydrogens (primary N) is 1. The monoisotopic (exact) mass is 372 g/mol. The van der Waals surface area contributed by atoms with Gasteiger partial charge in [-0.15, -0.1) is 0 Å². The van der Waals surface area contributed by atoms with Crippen molar-refractivity contribution in [2.24, 2.45) is 5.84 Å². The molecule has 3 N–H and O–H groups in total. The number of aryl methyl sites for hydroxylation is 1. The zero-order valence-electron chi connectivity index (χ0n) is 9.90. The molecule has 0 aliphatic heterocycles. The Bertz CT molecular complexity index is 518. The number of aromatic nitrogens is 2. The molecule has 0 aliphatic carbocycles. The second-order valence-electron chi connectivity index (χ2n) is 3.87. The lowest BCUT2D eigenvalue weighted by atomic mass is 10.1. The minimum Gasteiger partial charge on any atom is -0.334 e. The number of benzene rings is 1. The number of nitrogens with one attached hydrogen (secondary N) is 1. The molecule has 2 aromatic rings. The Hall–Kier alpha value is -0.690. The highest BCUT2D eigenvalue weighted by molar-refractivity contribution is 9.11. The van der Waals surface area contributed by atoms with Crippen molar-refractivity contribution in [2.45, 2.75) is 19.5 Å². The fourth-order valence-electron chi connectivity index (χ4n) is 1.91. The van der Waals surface area contributed by atoms with Crippen molar-refractivity contribution in [1.82, 2.24) is 15.0 Å². The molecule has 0 fully saturated rings. The van der Waals surface area contributed by atoms with Crippen LogP contribution < -0.4 is 11.3 Å². The standard InChI is InChI=1S/C12H14Br2N4/c1-2-18-4-3-16-12(18)11(17-15)8-5-9(13)7-10(14)6-8/h3-7,11,17H,2,15H2,1H3. The Morgan fingerprint density at radius 3 is 2.56 bits per heavy atom. The average molecular weight is 374 g/mol. The van der Waals surface area contributed by atoms with E-state index in [1.807, 2.05) is 24.4 Å². The maximum absolute atomic E-state index is 5.69. The largest absolute Gasteiger partial charge is 0.334 e. The van der Waals surface area contributed by atoms with E-state index in [1.165, 1.54) is 0 Å². The van der Waals surface area contributed by atoms with Gasteiger partial charge in [-0.3, -0.25) is 5.84 Å². The summed E-state index contributed by atoms with van der Waals surface area (Å²) in [5.41, 5.74) is 3.88. The van der Waals surface area contributed by atoms with E-state index in [-0.39, 0.29) is 6.04 Å². The van der Waals surface area contributed by atoms with Crippen LogP contribution >= 0.6 is 31.9 Å². The summed E-state index contributed by atoms with van der Waals surface area (Å²) >= 11 is 6.97. The van der Waals surface area contributed by atoms with Gasteiger partial charge >= 0.3 is 0 Å². The first kappa shape index (κ1) is 13.7. The molecule has 0 aliphatic rings. The van der Waals surface area contributed by atoms with Crippen molar-refractivity contribution in [2.75, 3.05) is 0 Å². The molecule has 1 aromatic heterocycles. The zero-order valence-corrected chi connectivity index (χ0v) is 13.1. The number of hydrogen-bond acceptors (Lipinski definition) is 3. The first-order valence-corrected chi connectivity index (χ1v) is 7.17. The van der Waals surface area contributed by atoms with Gasteiger partial charge in [0.15, 0.2) is 0 Å². The van der Waals surface area contributed by atoms with E-state index in [0.29, 0.717) is 0 Å². The molecule has 1 unspecified atom stereocenters. The van der Waals surface area contributed by atoms with Crippen molar-refractivity contribution >= 4 is 31.9 Å². The van der Waals surface area contributed by atoms with E-state index in [4.69, 9.17) is 5.84 Å². The summed E-state index contributed by atoms with van der Waals surface area (Å²) in [6, 6.07) is 5.92. The molecule has 6 heteroatoms. The summed E-state index contributed by atoms with van der Waals surface area (Å²) in [6.45, 7) is 2.94. The molecule has 4 nitrogen and oxygen atoms in total. The van der Waals surface area contributed by atoms with E-state index in [2.05, 4.69) is 53.8 Å². The maximum atomic E-state index is 5.69. The summed E-state index contributed by atoms with van der Waals surface area (Å²) in [4.78, 5) is 4.38. The number of rotatable bonds is 4. The van der Waals surface area contributed by atoms with Crippen LogP contribution in [0.4, 0.5) is 0 Å². The van der Waals surface area contributed by atoms with Gasteiger partial charge < -0.3 is 4.57 Å². The molecule has 1 atom stereocenters. The predicted octanol–water partition coefficient (Wildman–Crippen LogP) is 2.98. The van der Waals surface area contributed by atoms with Gasteiger partial charge in [0, 0.05) is 27.9 Å². The fourth-order valence-corrected chi connectivity index (χ4v) is 3.24. The lowest BCUT2D eigenvalue weighted by Crippen LogP contribution is -2.31. The van der Waals surface area contributed by atoms with E-state index < -0.39 is 0 Å². The number of hydrogen-bond donors (Lipinski definition) is 2. The van der Waals surface area contributed by atoms with Gasteiger partial charge in [0.05, 0.1) is 0 Å². The van der Waals surface area contributed by atoms with Crippen molar-refractivity contribution < 1.29 is 0 Å². The smallest absolute Gasteiger partial charge is 0.131 e. The number of halogens is 2. The molecule has 0 saturated heterocycles. The minimum absolute atomic E-state index is 0.131. The molecule has 0 amide bonds. The topological polar surface area (TPSA) is 55.9 Å². The highest BCUT2D eigenvalue weighted by atomic mass is 79.9. The normalized spacial score (nSPS) is 12.7. The van der Waals surface area contributed by atoms with Crippen LogP contribution in [0.25, 0.3) is 0 Å². The lowest BCUT2D eigenvalue weighted by molar-refractivity contribution is 0.560. The highest BCUT2D eigenvalue weighted by Crippen LogP contribution is 2.27. The van der Waals surface area contributed by atoms with Gasteiger partial charge in [-0.25, -0.2) is 10.4 Å². The van der Waals surface area contributed by atoms with E-state index in [1.54, 1.807) is 6.20 Å². The molecule has 1 heterocycles. The second kappa shape index (κ2) is 5.97. The van der Waals surface area contributed by atoms with Crippen LogP contribution in [-0.2, 0) is 6.54 Å². The molecule has 18 heavy (non-hydrogen) atoms. The SMILES string of the molecule is CCn1ccnc1C(NN)c1cc(Br)cc(Br)c1. The zero-order chi connectivity index (χ0) is 13.1. The Morgan fingerprint density at radius 2 is 2.00 bits per heavy atom. The van der Waals surface area contributed by atoms with Gasteiger partial charge in [-0.1, -0.05) is 31.9 Å². The lowest BCUT2D eigenvalue weighted by Gasteiger charge is -2.18. The third-order valence-electron chi connectivity index (χ3n) is 2.73. The van der Waals surface area contributed by atoms with Gasteiger partial charge in [-0.2, -0.15) is 0 Å². The van der Waals surface area contributed by atoms with Crippen LogP contribution in [0.1, 0.15) is 24.4 Å². The van der Waals surface area contributed by atoms with Crippen LogP contribution in [0.3, 0.4) is 0 Å². The molecule has 0 bridgehead atoms. The van der Waals surface area contributed by atoms with Crippen LogP contribution in [0, 0.1) is 0 Å². The maximum Gasteiger partial charge on any atom is 0.131 e. The van der Waals surface area contributed by atoms with Crippen LogP contribution in [0.2, 0.25) is 0 Å². The number of imidazole rings is 1. The molecular formula is C12H14Br2N4. The molecule has 0 radical (unpaired) electrons. The van der Waals surface area contributed by atoms with E-state index >= 15 is 0 Å². The molecular weight excluding hydrogens is 360 g/mol. The Balaban J connectivity index is 2.45. The Morgan fingerprint density at radius 1 is 1.33 bits per heavy atom. The van der Waals surface area contributed by atoms with Gasteiger partial charge in [0.25, 0.3) is 0 Å². The highest BCUT2D eigenvalue weighted by Gasteiger charge is 2.18. The molecule has 0 saturated carbocycles. The fraction of sp³-hybridized carbons (Fsp3) is 0.250. The van der Waals surface area contributed by atoms with Gasteiger partial charge in [-0.05, 0) is 30.7 Å². The van der Waals surface area contributed by atoms with E-state index in [0.717, 1.165) is 26.9 Å². The van der Waals surface area contributed by atoms with Crippen molar-refractivity contribution in [3.63, 3.8) is 0 Å². The quantitative estimate of drug-likeness (QED) is 0.639. The summed E-state index contributed by atoms with van der Waals surface area (Å²) in [7, 11) is 0. The van der Waals surface area contributed by atoms with Crippen LogP contribution in [-0.4, -0.2) is 9.55 Å². The number of hydrazine groups is 1. The van der Waals surface area contributed by atoms with Gasteiger partial charge in [0.2, 0.25) is 0 Å². The molecule has 1 aromatic carbocycles. The average Bonchev–Trinajstić information content (AvgIpc) is 2.77. The summed E-state index contributed by atoms with van der Waals surface area (Å²) in [5.74, 6) is 6.59. The van der Waals surface area contributed by atoms with Gasteiger partial charge in [0.1, 0.15) is 11.9 Å². The second-order valence-corrected chi connectivity index (χ2v) is 5.71. The van der Waals surface area contributed by atoms with E-state index in [9.17, 15) is 0 Å². The Labute approximate surface area is 123 Å². The van der Waals surface area contributed by atoms with Crippen LogP contribution in [0.15, 0.2) is 39.5 Å². The first-order chi connectivity index (χ1) is 8.65. The summed E-state index contributed by atoms with van der Waals surface area (Å²) in [5, 5.41) is 0. The van der Waals surface area contributed by atoms with Crippen molar-refractivity contribution in [3.8, 4) is 0 Å². The van der Waals surface area contributed by atoms with Crippen molar-refractivity contribution in [3.05, 3.63) is 50.9 Å². The Kier molecular flexibility index (Phi) is 4.55. The molecule has 0 spiro atoms.